The third-order valence-electron chi connectivity index (χ3n) is 4.00. The van der Waals surface area contributed by atoms with E-state index in [1.807, 2.05) is 0 Å². The minimum atomic E-state index is 0.732. The van der Waals surface area contributed by atoms with Gasteiger partial charge in [-0.2, -0.15) is 0 Å². The van der Waals surface area contributed by atoms with Crippen molar-refractivity contribution in [2.45, 2.75) is 38.3 Å². The molecule has 0 unspecified atom stereocenters. The predicted octanol–water partition coefficient (Wildman–Crippen LogP) is 2.33. The number of hydrogen-bond acceptors (Lipinski definition) is 2. The lowest BCUT2D eigenvalue weighted by Gasteiger charge is -2.40. The van der Waals surface area contributed by atoms with Crippen molar-refractivity contribution in [1.82, 2.24) is 5.32 Å². The van der Waals surface area contributed by atoms with Gasteiger partial charge in [-0.3, -0.25) is 0 Å². The molecule has 1 heterocycles. The topological polar surface area (TPSA) is 15.3 Å². The second-order valence-electron chi connectivity index (χ2n) is 5.09. The van der Waals surface area contributed by atoms with E-state index in [4.69, 9.17) is 0 Å². The molecule has 1 aromatic carbocycles. The van der Waals surface area contributed by atoms with Crippen LogP contribution in [0.1, 0.15) is 24.8 Å². The number of aryl methyl sites for hydroxylation is 1. The Kier molecular flexibility index (Phi) is 2.60. The summed E-state index contributed by atoms with van der Waals surface area (Å²) in [4.78, 5) is 2.60. The molecule has 2 aliphatic rings. The van der Waals surface area contributed by atoms with Gasteiger partial charge in [0.1, 0.15) is 0 Å². The van der Waals surface area contributed by atoms with Crippen molar-refractivity contribution in [3.63, 3.8) is 0 Å². The van der Waals surface area contributed by atoms with E-state index in [2.05, 4.69) is 41.4 Å². The number of anilines is 1. The van der Waals surface area contributed by atoms with E-state index < -0.39 is 0 Å². The number of benzene rings is 1. The number of piperazine rings is 1. The molecule has 16 heavy (non-hydrogen) atoms. The fraction of sp³-hybridized carbons (Fsp3) is 0.571. The summed E-state index contributed by atoms with van der Waals surface area (Å²) in [7, 11) is 0. The average Bonchev–Trinajstić information content (AvgIpc) is 2.78. The minimum absolute atomic E-state index is 0.732. The Labute approximate surface area is 97.6 Å². The first-order valence-electron chi connectivity index (χ1n) is 6.41. The molecule has 0 radical (unpaired) electrons. The molecule has 2 nitrogen and oxygen atoms in total. The normalized spacial score (nSPS) is 29.2. The van der Waals surface area contributed by atoms with E-state index in [-0.39, 0.29) is 0 Å². The van der Waals surface area contributed by atoms with Crippen LogP contribution >= 0.6 is 0 Å². The Morgan fingerprint density at radius 3 is 2.81 bits per heavy atom. The molecular weight excluding hydrogens is 196 g/mol. The molecule has 1 N–H and O–H groups in total. The number of nitrogens with zero attached hydrogens (tertiary/aromatic N) is 1. The van der Waals surface area contributed by atoms with Crippen LogP contribution in [-0.4, -0.2) is 25.2 Å². The Morgan fingerprint density at radius 1 is 1.19 bits per heavy atom. The van der Waals surface area contributed by atoms with Crippen molar-refractivity contribution < 1.29 is 0 Å². The highest BCUT2D eigenvalue weighted by Gasteiger charge is 2.34. The van der Waals surface area contributed by atoms with Crippen molar-refractivity contribution in [2.24, 2.45) is 0 Å². The minimum Gasteiger partial charge on any atom is -0.366 e. The predicted molar refractivity (Wildman–Crippen MR) is 68.0 cm³/mol. The monoisotopic (exact) mass is 216 g/mol. The van der Waals surface area contributed by atoms with Gasteiger partial charge in [0.15, 0.2) is 0 Å². The standard InChI is InChI=1S/C14H20N2/c1-11-5-7-12(8-6-11)16-10-9-15-13-3-2-4-14(13)16/h5-8,13-15H,2-4,9-10H2,1H3/t13-,14-/m0/s1. The van der Waals surface area contributed by atoms with E-state index in [0.29, 0.717) is 0 Å². The number of fused-ring (bicyclic) bond motifs is 1. The third kappa shape index (κ3) is 1.71. The summed E-state index contributed by atoms with van der Waals surface area (Å²) in [6.45, 7) is 4.44. The van der Waals surface area contributed by atoms with Crippen LogP contribution in [0.25, 0.3) is 0 Å². The smallest absolute Gasteiger partial charge is 0.0443 e. The molecular formula is C14H20N2. The van der Waals surface area contributed by atoms with Gasteiger partial charge in [-0.05, 0) is 38.3 Å². The van der Waals surface area contributed by atoms with Gasteiger partial charge in [0.25, 0.3) is 0 Å². The molecule has 2 fully saturated rings. The molecule has 0 aromatic heterocycles. The number of rotatable bonds is 1. The molecule has 1 saturated carbocycles. The van der Waals surface area contributed by atoms with Crippen LogP contribution in [0.3, 0.4) is 0 Å². The van der Waals surface area contributed by atoms with Crippen LogP contribution in [0.2, 0.25) is 0 Å². The molecule has 0 amide bonds. The zero-order valence-corrected chi connectivity index (χ0v) is 9.95. The van der Waals surface area contributed by atoms with Crippen molar-refractivity contribution in [3.8, 4) is 0 Å². The van der Waals surface area contributed by atoms with Crippen molar-refractivity contribution in [3.05, 3.63) is 29.8 Å². The molecule has 3 rings (SSSR count). The first-order chi connectivity index (χ1) is 7.84. The maximum atomic E-state index is 3.65. The molecule has 0 bridgehead atoms. The van der Waals surface area contributed by atoms with E-state index in [0.717, 1.165) is 25.2 Å². The van der Waals surface area contributed by atoms with Gasteiger partial charge in [-0.25, -0.2) is 0 Å². The Hall–Kier alpha value is -1.02. The quantitative estimate of drug-likeness (QED) is 0.775. The lowest BCUT2D eigenvalue weighted by atomic mass is 10.1. The maximum absolute atomic E-state index is 3.65. The Morgan fingerprint density at radius 2 is 2.00 bits per heavy atom. The summed E-state index contributed by atoms with van der Waals surface area (Å²) in [5, 5.41) is 3.65. The highest BCUT2D eigenvalue weighted by atomic mass is 15.2. The zero-order valence-electron chi connectivity index (χ0n) is 9.95. The first kappa shape index (κ1) is 10.2. The van der Waals surface area contributed by atoms with Crippen LogP contribution in [-0.2, 0) is 0 Å². The SMILES string of the molecule is Cc1ccc(N2CCN[C@H]3CCC[C@@H]32)cc1. The second kappa shape index (κ2) is 4.10. The van der Waals surface area contributed by atoms with Crippen LogP contribution in [0.15, 0.2) is 24.3 Å². The zero-order chi connectivity index (χ0) is 11.0. The van der Waals surface area contributed by atoms with Crippen LogP contribution in [0, 0.1) is 6.92 Å². The summed E-state index contributed by atoms with van der Waals surface area (Å²) < 4.78 is 0. The molecule has 1 aromatic rings. The van der Waals surface area contributed by atoms with Crippen molar-refractivity contribution in [2.75, 3.05) is 18.0 Å². The summed E-state index contributed by atoms with van der Waals surface area (Å²) in [6.07, 6.45) is 4.09. The van der Waals surface area contributed by atoms with Gasteiger partial charge in [0, 0.05) is 30.9 Å². The largest absolute Gasteiger partial charge is 0.366 e. The lowest BCUT2D eigenvalue weighted by molar-refractivity contribution is 0.404. The molecule has 0 spiro atoms. The molecule has 2 atom stereocenters. The first-order valence-corrected chi connectivity index (χ1v) is 6.41. The molecule has 1 saturated heterocycles. The van der Waals surface area contributed by atoms with E-state index in [1.54, 1.807) is 0 Å². The average molecular weight is 216 g/mol. The van der Waals surface area contributed by atoms with Gasteiger partial charge in [0.05, 0.1) is 0 Å². The van der Waals surface area contributed by atoms with Gasteiger partial charge >= 0.3 is 0 Å². The fourth-order valence-corrected chi connectivity index (χ4v) is 3.14. The summed E-state index contributed by atoms with van der Waals surface area (Å²) in [5.74, 6) is 0. The fourth-order valence-electron chi connectivity index (χ4n) is 3.14. The van der Waals surface area contributed by atoms with Gasteiger partial charge in [0.2, 0.25) is 0 Å². The maximum Gasteiger partial charge on any atom is 0.0443 e. The highest BCUT2D eigenvalue weighted by Crippen LogP contribution is 2.30. The molecule has 1 aliphatic carbocycles. The number of hydrogen-bond donors (Lipinski definition) is 1. The van der Waals surface area contributed by atoms with E-state index >= 15 is 0 Å². The summed E-state index contributed by atoms with van der Waals surface area (Å²) in [6, 6.07) is 10.5. The van der Waals surface area contributed by atoms with Crippen LogP contribution in [0.4, 0.5) is 5.69 Å². The molecule has 1 aliphatic heterocycles. The summed E-state index contributed by atoms with van der Waals surface area (Å²) >= 11 is 0. The second-order valence-corrected chi connectivity index (χ2v) is 5.09. The third-order valence-corrected chi connectivity index (χ3v) is 4.00. The molecule has 2 heteroatoms. The lowest BCUT2D eigenvalue weighted by Crippen LogP contribution is -2.55. The van der Waals surface area contributed by atoms with Crippen molar-refractivity contribution >= 4 is 5.69 Å². The van der Waals surface area contributed by atoms with Gasteiger partial charge in [-0.15, -0.1) is 0 Å². The molecule has 86 valence electrons. The van der Waals surface area contributed by atoms with Crippen LogP contribution < -0.4 is 10.2 Å². The Balaban J connectivity index is 1.85. The highest BCUT2D eigenvalue weighted by molar-refractivity contribution is 5.49. The summed E-state index contributed by atoms with van der Waals surface area (Å²) in [5.41, 5.74) is 2.76. The van der Waals surface area contributed by atoms with E-state index in [1.165, 1.54) is 30.5 Å². The van der Waals surface area contributed by atoms with Gasteiger partial charge in [-0.1, -0.05) is 17.7 Å². The van der Waals surface area contributed by atoms with Crippen molar-refractivity contribution in [1.29, 1.82) is 0 Å². The Bertz CT molecular complexity index is 358. The van der Waals surface area contributed by atoms with Crippen LogP contribution in [0.5, 0.6) is 0 Å². The van der Waals surface area contributed by atoms with E-state index in [9.17, 15) is 0 Å². The van der Waals surface area contributed by atoms with Gasteiger partial charge < -0.3 is 10.2 Å². The number of nitrogens with one attached hydrogen (secondary N) is 1.